The Morgan fingerprint density at radius 3 is 2.66 bits per heavy atom. The van der Waals surface area contributed by atoms with Crippen molar-refractivity contribution in [3.63, 3.8) is 0 Å². The molecule has 0 bridgehead atoms. The van der Waals surface area contributed by atoms with Crippen LogP contribution in [-0.2, 0) is 6.54 Å². The molecule has 0 saturated carbocycles. The highest BCUT2D eigenvalue weighted by Gasteiger charge is 2.15. The first-order valence-corrected chi connectivity index (χ1v) is 11.1. The van der Waals surface area contributed by atoms with Gasteiger partial charge in [-0.2, -0.15) is 0 Å². The van der Waals surface area contributed by atoms with Crippen LogP contribution in [0, 0.1) is 13.8 Å². The molecule has 0 unspecified atom stereocenters. The molecule has 0 aliphatic heterocycles. The first kappa shape index (κ1) is 21.6. The SMILES string of the molecule is CCn1c(NNC(=O)c2cccnc2Sc2ccc(C)c(C)c2)nc2ccccc2c1=O. The Bertz CT molecular complexity index is 1370. The van der Waals surface area contributed by atoms with Gasteiger partial charge in [-0.25, -0.2) is 9.97 Å². The van der Waals surface area contributed by atoms with Crippen molar-refractivity contribution in [1.29, 1.82) is 0 Å². The summed E-state index contributed by atoms with van der Waals surface area (Å²) in [7, 11) is 0. The number of amides is 1. The third-order valence-corrected chi connectivity index (χ3v) is 6.18. The number of hydrogen-bond acceptors (Lipinski definition) is 6. The molecular weight excluding hydrogens is 422 g/mol. The van der Waals surface area contributed by atoms with Gasteiger partial charge in [0.2, 0.25) is 5.95 Å². The van der Waals surface area contributed by atoms with E-state index in [4.69, 9.17) is 0 Å². The first-order valence-electron chi connectivity index (χ1n) is 10.2. The van der Waals surface area contributed by atoms with Crippen LogP contribution in [0.4, 0.5) is 5.95 Å². The maximum absolute atomic E-state index is 13.0. The largest absolute Gasteiger partial charge is 0.277 e. The van der Waals surface area contributed by atoms with Gasteiger partial charge in [-0.1, -0.05) is 30.0 Å². The minimum absolute atomic E-state index is 0.165. The summed E-state index contributed by atoms with van der Waals surface area (Å²) in [4.78, 5) is 35.6. The van der Waals surface area contributed by atoms with Gasteiger partial charge in [-0.05, 0) is 68.3 Å². The van der Waals surface area contributed by atoms with Gasteiger partial charge in [0.15, 0.2) is 0 Å². The van der Waals surface area contributed by atoms with E-state index < -0.39 is 0 Å². The van der Waals surface area contributed by atoms with Crippen LogP contribution in [0.3, 0.4) is 0 Å². The molecule has 2 heterocycles. The average molecular weight is 446 g/mol. The Balaban J connectivity index is 1.58. The molecule has 0 fully saturated rings. The van der Waals surface area contributed by atoms with Crippen molar-refractivity contribution in [2.45, 2.75) is 37.2 Å². The fourth-order valence-corrected chi connectivity index (χ4v) is 4.25. The lowest BCUT2D eigenvalue weighted by Crippen LogP contribution is -2.34. The molecule has 0 spiro atoms. The highest BCUT2D eigenvalue weighted by Crippen LogP contribution is 2.30. The fraction of sp³-hybridized carbons (Fsp3) is 0.167. The number of nitrogens with one attached hydrogen (secondary N) is 2. The number of benzene rings is 2. The molecule has 8 heteroatoms. The van der Waals surface area contributed by atoms with Crippen molar-refractivity contribution in [3.05, 3.63) is 87.8 Å². The van der Waals surface area contributed by atoms with Crippen LogP contribution < -0.4 is 16.4 Å². The molecule has 0 radical (unpaired) electrons. The third-order valence-electron chi connectivity index (χ3n) is 5.17. The molecule has 162 valence electrons. The maximum atomic E-state index is 13.0. The lowest BCUT2D eigenvalue weighted by Gasteiger charge is -2.15. The molecule has 1 amide bonds. The van der Waals surface area contributed by atoms with Crippen molar-refractivity contribution < 1.29 is 4.79 Å². The Kier molecular flexibility index (Phi) is 6.23. The number of aryl methyl sites for hydroxylation is 2. The number of fused-ring (bicyclic) bond motifs is 1. The zero-order valence-electron chi connectivity index (χ0n) is 18.0. The first-order chi connectivity index (χ1) is 15.5. The van der Waals surface area contributed by atoms with Crippen LogP contribution in [0.15, 0.2) is 75.5 Å². The summed E-state index contributed by atoms with van der Waals surface area (Å²) < 4.78 is 1.48. The van der Waals surface area contributed by atoms with Gasteiger partial charge in [0, 0.05) is 17.6 Å². The molecule has 0 atom stereocenters. The minimum atomic E-state index is -0.366. The van der Waals surface area contributed by atoms with Crippen LogP contribution in [0.5, 0.6) is 0 Å². The summed E-state index contributed by atoms with van der Waals surface area (Å²) in [5.74, 6) is -0.0914. The lowest BCUT2D eigenvalue weighted by atomic mass is 10.1. The lowest BCUT2D eigenvalue weighted by molar-refractivity contribution is 0.0958. The average Bonchev–Trinajstić information content (AvgIpc) is 2.80. The van der Waals surface area contributed by atoms with E-state index in [0.29, 0.717) is 28.0 Å². The summed E-state index contributed by atoms with van der Waals surface area (Å²) >= 11 is 1.43. The Hall–Kier alpha value is -3.65. The van der Waals surface area contributed by atoms with Gasteiger partial charge in [0.05, 0.1) is 16.5 Å². The van der Waals surface area contributed by atoms with Crippen molar-refractivity contribution in [1.82, 2.24) is 20.0 Å². The molecule has 4 aromatic rings. The standard InChI is InChI=1S/C24H23N5O2S/c1-4-29-23(31)18-8-5-6-10-20(18)26-24(29)28-27-21(30)19-9-7-13-25-22(19)32-17-12-11-15(2)16(3)14-17/h5-14H,4H2,1-3H3,(H,26,28)(H,27,30). The molecule has 0 aliphatic rings. The van der Waals surface area contributed by atoms with Crippen molar-refractivity contribution in [2.75, 3.05) is 5.43 Å². The number of aromatic nitrogens is 3. The summed E-state index contributed by atoms with van der Waals surface area (Å²) in [5.41, 5.74) is 8.69. The number of para-hydroxylation sites is 1. The number of carbonyl (C=O) groups excluding carboxylic acids is 1. The predicted molar refractivity (Wildman–Crippen MR) is 127 cm³/mol. The Morgan fingerprint density at radius 1 is 1.06 bits per heavy atom. The van der Waals surface area contributed by atoms with Gasteiger partial charge in [0.1, 0.15) is 5.03 Å². The summed E-state index contributed by atoms with van der Waals surface area (Å²) in [6.07, 6.45) is 1.66. The summed E-state index contributed by atoms with van der Waals surface area (Å²) in [6, 6.07) is 16.7. The maximum Gasteiger partial charge on any atom is 0.272 e. The van der Waals surface area contributed by atoms with Crippen molar-refractivity contribution in [3.8, 4) is 0 Å². The molecule has 2 aromatic carbocycles. The number of hydrogen-bond donors (Lipinski definition) is 2. The normalized spacial score (nSPS) is 10.8. The monoisotopic (exact) mass is 445 g/mol. The fourth-order valence-electron chi connectivity index (χ4n) is 3.27. The highest BCUT2D eigenvalue weighted by atomic mass is 32.2. The van der Waals surface area contributed by atoms with E-state index in [0.717, 1.165) is 4.90 Å². The van der Waals surface area contributed by atoms with Crippen LogP contribution >= 0.6 is 11.8 Å². The highest BCUT2D eigenvalue weighted by molar-refractivity contribution is 7.99. The summed E-state index contributed by atoms with van der Waals surface area (Å²) in [5, 5.41) is 1.12. The van der Waals surface area contributed by atoms with E-state index in [1.54, 1.807) is 36.5 Å². The Morgan fingerprint density at radius 2 is 1.88 bits per heavy atom. The molecule has 4 rings (SSSR count). The number of rotatable bonds is 6. The smallest absolute Gasteiger partial charge is 0.272 e. The number of anilines is 1. The van der Waals surface area contributed by atoms with E-state index >= 15 is 0 Å². The number of carbonyl (C=O) groups is 1. The minimum Gasteiger partial charge on any atom is -0.277 e. The molecular formula is C24H23N5O2S. The topological polar surface area (TPSA) is 88.9 Å². The number of nitrogens with zero attached hydrogens (tertiary/aromatic N) is 3. The molecule has 32 heavy (non-hydrogen) atoms. The number of hydrazine groups is 1. The van der Waals surface area contributed by atoms with Crippen LogP contribution in [0.25, 0.3) is 10.9 Å². The zero-order valence-corrected chi connectivity index (χ0v) is 18.9. The van der Waals surface area contributed by atoms with Gasteiger partial charge in [-0.3, -0.25) is 25.0 Å². The second kappa shape index (κ2) is 9.23. The zero-order chi connectivity index (χ0) is 22.7. The molecule has 0 saturated heterocycles. The second-order valence-electron chi connectivity index (χ2n) is 7.29. The quantitative estimate of drug-likeness (QED) is 0.429. The second-order valence-corrected chi connectivity index (χ2v) is 8.35. The van der Waals surface area contributed by atoms with Crippen LogP contribution in [0.2, 0.25) is 0 Å². The molecule has 2 N–H and O–H groups in total. The van der Waals surface area contributed by atoms with Gasteiger partial charge in [0.25, 0.3) is 11.5 Å². The Labute approximate surface area is 189 Å². The van der Waals surface area contributed by atoms with E-state index in [-0.39, 0.29) is 17.4 Å². The molecule has 2 aromatic heterocycles. The number of pyridine rings is 1. The van der Waals surface area contributed by atoms with Gasteiger partial charge >= 0.3 is 0 Å². The predicted octanol–water partition coefficient (Wildman–Crippen LogP) is 4.34. The molecule has 7 nitrogen and oxygen atoms in total. The van der Waals surface area contributed by atoms with E-state index in [1.165, 1.54) is 27.5 Å². The summed E-state index contributed by atoms with van der Waals surface area (Å²) in [6.45, 7) is 6.38. The van der Waals surface area contributed by atoms with E-state index in [9.17, 15) is 9.59 Å². The van der Waals surface area contributed by atoms with Crippen molar-refractivity contribution >= 4 is 34.5 Å². The third kappa shape index (κ3) is 4.36. The van der Waals surface area contributed by atoms with Crippen molar-refractivity contribution in [2.24, 2.45) is 0 Å². The van der Waals surface area contributed by atoms with Crippen LogP contribution in [-0.4, -0.2) is 20.4 Å². The van der Waals surface area contributed by atoms with Gasteiger partial charge < -0.3 is 0 Å². The van der Waals surface area contributed by atoms with E-state index in [1.807, 2.05) is 19.1 Å². The van der Waals surface area contributed by atoms with Gasteiger partial charge in [-0.15, -0.1) is 0 Å². The molecule has 0 aliphatic carbocycles. The van der Waals surface area contributed by atoms with Crippen LogP contribution in [0.1, 0.15) is 28.4 Å². The van der Waals surface area contributed by atoms with E-state index in [2.05, 4.69) is 46.8 Å².